The normalized spacial score (nSPS) is 18.5. The molecule has 0 fully saturated rings. The van der Waals surface area contributed by atoms with Crippen LogP contribution in [-0.2, 0) is 9.78 Å². The zero-order chi connectivity index (χ0) is 11.7. The molecule has 4 N–H and O–H groups in total. The molecule has 1 atom stereocenters. The summed E-state index contributed by atoms with van der Waals surface area (Å²) in [7, 11) is 1.35. The van der Waals surface area contributed by atoms with Gasteiger partial charge in [0.15, 0.2) is 0 Å². The average molecular weight is 251 g/mol. The molecule has 7 heteroatoms. The zero-order valence-electron chi connectivity index (χ0n) is 9.27. The topological polar surface area (TPSA) is 80.4 Å². The number of nitrogens with one attached hydrogen (secondary N) is 1. The van der Waals surface area contributed by atoms with Gasteiger partial charge in [-0.3, -0.25) is 5.14 Å². The molecule has 1 unspecified atom stereocenters. The molecule has 0 aliphatic carbocycles. The Hall–Kier alpha value is -0.180. The highest BCUT2D eigenvalue weighted by molar-refractivity contribution is 8.27. The molecule has 0 saturated carbocycles. The van der Waals surface area contributed by atoms with Crippen molar-refractivity contribution in [1.29, 1.82) is 0 Å². The summed E-state index contributed by atoms with van der Waals surface area (Å²) in [6.07, 6.45) is 1.65. The molecule has 0 aromatic carbocycles. The van der Waals surface area contributed by atoms with Gasteiger partial charge in [-0.1, -0.05) is 0 Å². The van der Waals surface area contributed by atoms with E-state index in [4.69, 9.17) is 9.32 Å². The van der Waals surface area contributed by atoms with Gasteiger partial charge in [0, 0.05) is 10.7 Å². The molecule has 15 heavy (non-hydrogen) atoms. The summed E-state index contributed by atoms with van der Waals surface area (Å²) in [4.78, 5) is 4.14. The minimum Gasteiger partial charge on any atom is -0.383 e. The lowest BCUT2D eigenvalue weighted by atomic mass is 10.2. The number of thiazole rings is 1. The van der Waals surface area contributed by atoms with E-state index in [1.165, 1.54) is 11.3 Å². The molecule has 0 aliphatic rings. The van der Waals surface area contributed by atoms with Crippen molar-refractivity contribution in [3.8, 4) is 0 Å². The molecular formula is C8H17N3O2S2. The van der Waals surface area contributed by atoms with E-state index in [1.807, 2.05) is 0 Å². The van der Waals surface area contributed by atoms with Crippen LogP contribution in [0.25, 0.3) is 0 Å². The molecule has 1 rings (SSSR count). The van der Waals surface area contributed by atoms with Crippen molar-refractivity contribution >= 4 is 22.0 Å². The van der Waals surface area contributed by atoms with E-state index in [1.54, 1.807) is 34.2 Å². The van der Waals surface area contributed by atoms with Crippen LogP contribution in [0.15, 0.2) is 10.4 Å². The van der Waals surface area contributed by atoms with Gasteiger partial charge in [-0.05, 0) is 20.9 Å². The fourth-order valence-corrected chi connectivity index (χ4v) is 3.53. The third-order valence-electron chi connectivity index (χ3n) is 1.87. The maximum Gasteiger partial charge on any atom is 0.125 e. The number of nitrogens with two attached hydrogens (primary N) is 1. The second-order valence-corrected chi connectivity index (χ2v) is 7.19. The van der Waals surface area contributed by atoms with E-state index in [2.05, 4.69) is 9.71 Å². The quantitative estimate of drug-likeness (QED) is 0.747. The summed E-state index contributed by atoms with van der Waals surface area (Å²) in [5.74, 6) is 0. The number of hydrogen-bond acceptors (Lipinski definition) is 6. The fourth-order valence-electron chi connectivity index (χ4n) is 0.948. The molecule has 5 nitrogen and oxygen atoms in total. The van der Waals surface area contributed by atoms with E-state index in [9.17, 15) is 5.11 Å². The molecule has 0 saturated heterocycles. The van der Waals surface area contributed by atoms with Crippen molar-refractivity contribution in [3.63, 3.8) is 0 Å². The number of hydrogen-bond donors (Lipinski definition) is 3. The van der Waals surface area contributed by atoms with Crippen LogP contribution in [0.2, 0.25) is 0 Å². The molecule has 1 aromatic rings. The molecular weight excluding hydrogens is 234 g/mol. The fraction of sp³-hybridized carbons (Fsp3) is 0.625. The first-order valence-corrected chi connectivity index (χ1v) is 6.81. The lowest BCUT2D eigenvalue weighted by molar-refractivity contribution is 0.0783. The molecule has 0 amide bonds. The van der Waals surface area contributed by atoms with Gasteiger partial charge in [-0.2, -0.15) is 0 Å². The summed E-state index contributed by atoms with van der Waals surface area (Å²) in [6, 6.07) is 0. The standard InChI is InChI=1S/C8H17N3O2S2/c1-8(2,12)7-11-5-6(14-7)15(9,10-3)13-4/h5,10,12H,9H2,1-4H3. The highest BCUT2D eigenvalue weighted by atomic mass is 32.3. The summed E-state index contributed by atoms with van der Waals surface area (Å²) >= 11 is 1.36. The van der Waals surface area contributed by atoms with Gasteiger partial charge in [-0.15, -0.1) is 11.3 Å². The second-order valence-electron chi connectivity index (χ2n) is 3.51. The molecule has 0 spiro atoms. The van der Waals surface area contributed by atoms with Crippen molar-refractivity contribution in [2.75, 3.05) is 14.2 Å². The minimum atomic E-state index is -1.94. The van der Waals surface area contributed by atoms with E-state index in [0.717, 1.165) is 4.21 Å². The molecule has 0 radical (unpaired) electrons. The van der Waals surface area contributed by atoms with Gasteiger partial charge in [0.25, 0.3) is 0 Å². The van der Waals surface area contributed by atoms with Crippen LogP contribution < -0.4 is 9.86 Å². The van der Waals surface area contributed by atoms with Gasteiger partial charge in [-0.25, -0.2) is 9.71 Å². The summed E-state index contributed by atoms with van der Waals surface area (Å²) in [6.45, 7) is 3.38. The molecule has 1 aromatic heterocycles. The van der Waals surface area contributed by atoms with E-state index >= 15 is 0 Å². The van der Waals surface area contributed by atoms with Gasteiger partial charge in [0.1, 0.15) is 14.8 Å². The minimum absolute atomic E-state index is 0.632. The first kappa shape index (κ1) is 12.9. The number of aromatic nitrogens is 1. The molecule has 88 valence electrons. The highest BCUT2D eigenvalue weighted by Gasteiger charge is 2.26. The Labute approximate surface area is 95.5 Å². The predicted molar refractivity (Wildman–Crippen MR) is 63.5 cm³/mol. The van der Waals surface area contributed by atoms with E-state index in [-0.39, 0.29) is 0 Å². The monoisotopic (exact) mass is 251 g/mol. The Kier molecular flexibility index (Phi) is 3.75. The Morgan fingerprint density at radius 3 is 2.60 bits per heavy atom. The first-order valence-electron chi connectivity index (χ1n) is 4.37. The van der Waals surface area contributed by atoms with Crippen molar-refractivity contribution in [2.24, 2.45) is 5.14 Å². The summed E-state index contributed by atoms with van der Waals surface area (Å²) in [5.41, 5.74) is -0.940. The summed E-state index contributed by atoms with van der Waals surface area (Å²) < 4.78 is 8.98. The number of nitrogens with zero attached hydrogens (tertiary/aromatic N) is 1. The van der Waals surface area contributed by atoms with Crippen LogP contribution in [0, 0.1) is 0 Å². The summed E-state index contributed by atoms with van der Waals surface area (Å²) in [5, 5.41) is 16.4. The van der Waals surface area contributed by atoms with Gasteiger partial charge < -0.3 is 9.29 Å². The van der Waals surface area contributed by atoms with Gasteiger partial charge in [0.05, 0.1) is 13.3 Å². The number of aliphatic hydroxyl groups is 1. The zero-order valence-corrected chi connectivity index (χ0v) is 10.9. The average Bonchev–Trinajstić information content (AvgIpc) is 2.65. The second kappa shape index (κ2) is 4.36. The van der Waals surface area contributed by atoms with Crippen molar-refractivity contribution < 1.29 is 9.29 Å². The largest absolute Gasteiger partial charge is 0.383 e. The van der Waals surface area contributed by atoms with Gasteiger partial charge >= 0.3 is 0 Å². The van der Waals surface area contributed by atoms with Crippen LogP contribution in [0.4, 0.5) is 0 Å². The van der Waals surface area contributed by atoms with Crippen LogP contribution in [0.5, 0.6) is 0 Å². The first-order chi connectivity index (χ1) is 6.83. The van der Waals surface area contributed by atoms with Crippen LogP contribution >= 0.6 is 22.0 Å². The Bertz CT molecular complexity index is 331. The van der Waals surface area contributed by atoms with Crippen LogP contribution in [-0.4, -0.2) is 24.2 Å². The highest BCUT2D eigenvalue weighted by Crippen LogP contribution is 2.48. The lowest BCUT2D eigenvalue weighted by Gasteiger charge is -2.30. The Morgan fingerprint density at radius 1 is 1.67 bits per heavy atom. The lowest BCUT2D eigenvalue weighted by Crippen LogP contribution is -2.25. The predicted octanol–water partition coefficient (Wildman–Crippen LogP) is 1.10. The van der Waals surface area contributed by atoms with Crippen molar-refractivity contribution in [1.82, 2.24) is 9.71 Å². The van der Waals surface area contributed by atoms with Crippen LogP contribution in [0.1, 0.15) is 18.9 Å². The van der Waals surface area contributed by atoms with Crippen molar-refractivity contribution in [3.05, 3.63) is 11.2 Å². The Balaban J connectivity index is 3.03. The van der Waals surface area contributed by atoms with E-state index < -0.39 is 16.3 Å². The third kappa shape index (κ3) is 2.68. The smallest absolute Gasteiger partial charge is 0.125 e. The SMILES string of the molecule is CNS(N)(OC)c1cnc(C(C)(C)O)s1. The third-order valence-corrected chi connectivity index (χ3v) is 5.81. The maximum absolute atomic E-state index is 9.77. The van der Waals surface area contributed by atoms with Crippen molar-refractivity contribution in [2.45, 2.75) is 23.7 Å². The molecule has 0 aliphatic heterocycles. The van der Waals surface area contributed by atoms with Gasteiger partial charge in [0.2, 0.25) is 0 Å². The number of rotatable bonds is 4. The Morgan fingerprint density at radius 2 is 2.27 bits per heavy atom. The maximum atomic E-state index is 9.77. The van der Waals surface area contributed by atoms with Crippen LogP contribution in [0.3, 0.4) is 0 Å². The van der Waals surface area contributed by atoms with E-state index in [0.29, 0.717) is 5.01 Å². The molecule has 0 bridgehead atoms. The molecule has 1 heterocycles.